The van der Waals surface area contributed by atoms with Crippen molar-refractivity contribution in [2.45, 2.75) is 13.3 Å². The van der Waals surface area contributed by atoms with E-state index in [1.165, 1.54) is 0 Å². The number of anilines is 1. The van der Waals surface area contributed by atoms with E-state index >= 15 is 0 Å². The summed E-state index contributed by atoms with van der Waals surface area (Å²) >= 11 is 0. The second-order valence-electron chi connectivity index (χ2n) is 4.15. The minimum atomic E-state index is -0.336. The zero-order chi connectivity index (χ0) is 13.0. The quantitative estimate of drug-likeness (QED) is 0.636. The summed E-state index contributed by atoms with van der Waals surface area (Å²) in [6.45, 7) is 2.93. The molecule has 0 spiro atoms. The first-order valence-electron chi connectivity index (χ1n) is 6.02. The maximum Gasteiger partial charge on any atom is 0.331 e. The van der Waals surface area contributed by atoms with Gasteiger partial charge in [0.05, 0.1) is 12.2 Å². The molecule has 1 N–H and O–H groups in total. The molecule has 2 rings (SSSR count). The molecule has 0 atom stereocenters. The average Bonchev–Trinajstić information content (AvgIpc) is 2.36. The number of nitrogens with zero attached hydrogens (tertiary/aromatic N) is 1. The first-order chi connectivity index (χ1) is 8.70. The number of benzene rings is 1. The van der Waals surface area contributed by atoms with Crippen molar-refractivity contribution >= 4 is 17.6 Å². The van der Waals surface area contributed by atoms with Gasteiger partial charge in [-0.05, 0) is 18.6 Å². The van der Waals surface area contributed by atoms with Crippen LogP contribution in [0.5, 0.6) is 5.75 Å². The molecule has 1 aromatic rings. The zero-order valence-corrected chi connectivity index (χ0v) is 10.3. The van der Waals surface area contributed by atoms with Crippen molar-refractivity contribution in [2.24, 2.45) is 0 Å². The number of carbonyl (C=O) groups excluding carboxylic acids is 2. The predicted molar refractivity (Wildman–Crippen MR) is 67.6 cm³/mol. The fourth-order valence-electron chi connectivity index (χ4n) is 1.84. The normalized spacial score (nSPS) is 13.8. The van der Waals surface area contributed by atoms with Crippen molar-refractivity contribution in [3.8, 4) is 5.75 Å². The Hall–Kier alpha value is -2.04. The Kier molecular flexibility index (Phi) is 3.82. The predicted octanol–water partition coefficient (Wildman–Crippen LogP) is 0.938. The number of hydrogen-bond donors (Lipinski definition) is 1. The Morgan fingerprint density at radius 1 is 1.44 bits per heavy atom. The van der Waals surface area contributed by atoms with Gasteiger partial charge in [-0.2, -0.15) is 0 Å². The minimum absolute atomic E-state index is 0.0821. The molecule has 96 valence electrons. The molecule has 0 saturated carbocycles. The highest BCUT2D eigenvalue weighted by Crippen LogP contribution is 2.30. The van der Waals surface area contributed by atoms with Crippen molar-refractivity contribution < 1.29 is 14.3 Å². The highest BCUT2D eigenvalue weighted by atomic mass is 16.5. The largest absolute Gasteiger partial charge is 0.423 e. The van der Waals surface area contributed by atoms with Gasteiger partial charge in [-0.3, -0.25) is 4.79 Å². The molecule has 18 heavy (non-hydrogen) atoms. The molecule has 5 heteroatoms. The number of carbonyl (C=O) groups is 2. The summed E-state index contributed by atoms with van der Waals surface area (Å²) in [5, 5.41) is 2.79. The van der Waals surface area contributed by atoms with Gasteiger partial charge in [0.15, 0.2) is 5.75 Å². The van der Waals surface area contributed by atoms with Crippen molar-refractivity contribution in [3.63, 3.8) is 0 Å². The van der Waals surface area contributed by atoms with Crippen LogP contribution in [0.15, 0.2) is 24.3 Å². The molecule has 0 radical (unpaired) electrons. The second-order valence-corrected chi connectivity index (χ2v) is 4.15. The Labute approximate surface area is 106 Å². The van der Waals surface area contributed by atoms with Crippen molar-refractivity contribution in [2.75, 3.05) is 24.5 Å². The van der Waals surface area contributed by atoms with E-state index in [1.54, 1.807) is 17.0 Å². The maximum atomic E-state index is 11.7. The first kappa shape index (κ1) is 12.4. The van der Waals surface area contributed by atoms with Crippen molar-refractivity contribution in [1.29, 1.82) is 0 Å². The summed E-state index contributed by atoms with van der Waals surface area (Å²) in [5.41, 5.74) is 0.781. The highest BCUT2D eigenvalue weighted by Gasteiger charge is 2.24. The maximum absolute atomic E-state index is 11.7. The van der Waals surface area contributed by atoms with E-state index in [-0.39, 0.29) is 25.0 Å². The highest BCUT2D eigenvalue weighted by molar-refractivity contribution is 5.89. The molecule has 0 aliphatic carbocycles. The molecule has 0 fully saturated rings. The van der Waals surface area contributed by atoms with E-state index < -0.39 is 0 Å². The van der Waals surface area contributed by atoms with Gasteiger partial charge < -0.3 is 15.0 Å². The number of ether oxygens (including phenoxy) is 1. The van der Waals surface area contributed by atoms with Crippen LogP contribution < -0.4 is 15.0 Å². The Morgan fingerprint density at radius 3 is 3.00 bits per heavy atom. The molecule has 1 aliphatic heterocycles. The summed E-state index contributed by atoms with van der Waals surface area (Å²) in [4.78, 5) is 24.8. The van der Waals surface area contributed by atoms with E-state index in [0.717, 1.165) is 12.1 Å². The monoisotopic (exact) mass is 248 g/mol. The van der Waals surface area contributed by atoms with E-state index in [0.29, 0.717) is 12.3 Å². The fourth-order valence-corrected chi connectivity index (χ4v) is 1.84. The molecule has 0 bridgehead atoms. The van der Waals surface area contributed by atoms with Gasteiger partial charge in [0.2, 0.25) is 5.91 Å². The van der Waals surface area contributed by atoms with Crippen LogP contribution in [0.2, 0.25) is 0 Å². The van der Waals surface area contributed by atoms with Crippen LogP contribution >= 0.6 is 0 Å². The molecule has 1 aromatic carbocycles. The lowest BCUT2D eigenvalue weighted by atomic mass is 10.2. The number of para-hydroxylation sites is 2. The third-order valence-corrected chi connectivity index (χ3v) is 2.66. The number of amides is 1. The summed E-state index contributed by atoms with van der Waals surface area (Å²) in [6.07, 6.45) is 0.893. The van der Waals surface area contributed by atoms with Gasteiger partial charge in [0.1, 0.15) is 6.54 Å². The molecule has 1 heterocycles. The van der Waals surface area contributed by atoms with Gasteiger partial charge >= 0.3 is 5.97 Å². The lowest BCUT2D eigenvalue weighted by molar-refractivity contribution is -0.133. The standard InChI is InChI=1S/C13H16N2O3/c1-2-7-14-12(16)8-15-9-13(17)18-11-6-4-3-5-10(11)15/h3-6H,2,7-9H2,1H3,(H,14,16). The SMILES string of the molecule is CCCNC(=O)CN1CC(=O)Oc2ccccc21. The van der Waals surface area contributed by atoms with Crippen molar-refractivity contribution in [3.05, 3.63) is 24.3 Å². The molecule has 1 aliphatic rings. The Morgan fingerprint density at radius 2 is 2.22 bits per heavy atom. The summed E-state index contributed by atoms with van der Waals surface area (Å²) in [6, 6.07) is 7.22. The molecule has 0 saturated heterocycles. The number of rotatable bonds is 4. The zero-order valence-electron chi connectivity index (χ0n) is 10.3. The lowest BCUT2D eigenvalue weighted by Crippen LogP contribution is -2.43. The van der Waals surface area contributed by atoms with Crippen LogP contribution in [0.25, 0.3) is 0 Å². The third kappa shape index (κ3) is 2.80. The number of hydrogen-bond acceptors (Lipinski definition) is 4. The molecular formula is C13H16N2O3. The third-order valence-electron chi connectivity index (χ3n) is 2.66. The number of fused-ring (bicyclic) bond motifs is 1. The van der Waals surface area contributed by atoms with E-state index in [9.17, 15) is 9.59 Å². The van der Waals surface area contributed by atoms with Crippen molar-refractivity contribution in [1.82, 2.24) is 5.32 Å². The molecule has 0 unspecified atom stereocenters. The Bertz CT molecular complexity index is 459. The summed E-state index contributed by atoms with van der Waals surface area (Å²) in [5.74, 6) is 0.0930. The molecule has 1 amide bonds. The van der Waals surface area contributed by atoms with Crippen LogP contribution in [0.3, 0.4) is 0 Å². The topological polar surface area (TPSA) is 58.6 Å². The van der Waals surface area contributed by atoms with Crippen LogP contribution in [-0.4, -0.2) is 31.5 Å². The van der Waals surface area contributed by atoms with Gasteiger partial charge in [-0.15, -0.1) is 0 Å². The van der Waals surface area contributed by atoms with Crippen LogP contribution in [0.4, 0.5) is 5.69 Å². The van der Waals surface area contributed by atoms with E-state index in [1.807, 2.05) is 19.1 Å². The number of esters is 1. The van der Waals surface area contributed by atoms with Crippen LogP contribution in [0.1, 0.15) is 13.3 Å². The average molecular weight is 248 g/mol. The first-order valence-corrected chi connectivity index (χ1v) is 6.02. The van der Waals surface area contributed by atoms with Gasteiger partial charge in [0.25, 0.3) is 0 Å². The minimum Gasteiger partial charge on any atom is -0.423 e. The van der Waals surface area contributed by atoms with Gasteiger partial charge in [-0.1, -0.05) is 19.1 Å². The lowest BCUT2D eigenvalue weighted by Gasteiger charge is -2.29. The van der Waals surface area contributed by atoms with Crippen LogP contribution in [0, 0.1) is 0 Å². The van der Waals surface area contributed by atoms with E-state index in [4.69, 9.17) is 4.74 Å². The summed E-state index contributed by atoms with van der Waals surface area (Å²) in [7, 11) is 0. The van der Waals surface area contributed by atoms with Crippen LogP contribution in [-0.2, 0) is 9.59 Å². The van der Waals surface area contributed by atoms with Gasteiger partial charge in [-0.25, -0.2) is 4.79 Å². The van der Waals surface area contributed by atoms with Gasteiger partial charge in [0, 0.05) is 6.54 Å². The van der Waals surface area contributed by atoms with E-state index in [2.05, 4.69) is 5.32 Å². The fraction of sp³-hybridized carbons (Fsp3) is 0.385. The number of nitrogens with one attached hydrogen (secondary N) is 1. The molecule has 0 aromatic heterocycles. The summed E-state index contributed by atoms with van der Waals surface area (Å²) < 4.78 is 5.11. The molecular weight excluding hydrogens is 232 g/mol. The smallest absolute Gasteiger partial charge is 0.331 e. The second kappa shape index (κ2) is 5.53. The molecule has 5 nitrogen and oxygen atoms in total. The Balaban J connectivity index is 2.09.